The van der Waals surface area contributed by atoms with Gasteiger partial charge in [0.05, 0.1) is 17.2 Å². The van der Waals surface area contributed by atoms with E-state index in [0.29, 0.717) is 18.4 Å². The Balaban J connectivity index is 1.27. The molecule has 2 aliphatic carbocycles. The maximum Gasteiger partial charge on any atom is 0.317 e. The van der Waals surface area contributed by atoms with E-state index in [1.807, 2.05) is 48.5 Å². The Hall–Kier alpha value is -4.06. The Morgan fingerprint density at radius 3 is 2.40 bits per heavy atom. The lowest BCUT2D eigenvalue weighted by Gasteiger charge is -2.30. The highest BCUT2D eigenvalue weighted by Gasteiger charge is 2.46. The molecule has 0 aromatic heterocycles. The topological polar surface area (TPSA) is 59.0 Å². The van der Waals surface area contributed by atoms with Crippen LogP contribution in [0.4, 0.5) is 4.39 Å². The van der Waals surface area contributed by atoms with Crippen LogP contribution in [0.5, 0.6) is 0 Å². The van der Waals surface area contributed by atoms with Gasteiger partial charge in [-0.1, -0.05) is 85.6 Å². The minimum absolute atomic E-state index is 0.0687. The fourth-order valence-electron chi connectivity index (χ4n) is 6.65. The molecular formula is C34H33FN2O3. The first-order valence-electron chi connectivity index (χ1n) is 14.2. The van der Waals surface area contributed by atoms with E-state index >= 15 is 0 Å². The van der Waals surface area contributed by atoms with Gasteiger partial charge in [0.25, 0.3) is 5.91 Å². The van der Waals surface area contributed by atoms with Crippen molar-refractivity contribution < 1.29 is 18.7 Å². The van der Waals surface area contributed by atoms with Crippen LogP contribution >= 0.6 is 0 Å². The summed E-state index contributed by atoms with van der Waals surface area (Å²) >= 11 is 0. The Kier molecular flexibility index (Phi) is 7.33. The summed E-state index contributed by atoms with van der Waals surface area (Å²) in [5.41, 5.74) is 3.90. The van der Waals surface area contributed by atoms with E-state index in [9.17, 15) is 14.0 Å². The fourth-order valence-corrected chi connectivity index (χ4v) is 6.65. The fraction of sp³-hybridized carbons (Fsp3) is 0.324. The van der Waals surface area contributed by atoms with Crippen molar-refractivity contribution in [2.75, 3.05) is 6.61 Å². The third kappa shape index (κ3) is 4.99. The maximum absolute atomic E-state index is 14.1. The van der Waals surface area contributed by atoms with Gasteiger partial charge in [0.15, 0.2) is 6.61 Å². The molecule has 1 heterocycles. The molecule has 0 N–H and O–H groups in total. The van der Waals surface area contributed by atoms with Crippen molar-refractivity contribution in [3.63, 3.8) is 0 Å². The normalized spacial score (nSPS) is 22.6. The van der Waals surface area contributed by atoms with Crippen LogP contribution in [0.25, 0.3) is 6.08 Å². The molecular weight excluding hydrogens is 503 g/mol. The second-order valence-corrected chi connectivity index (χ2v) is 11.0. The number of carbonyl (C=O) groups is 2. The Labute approximate surface area is 234 Å². The smallest absolute Gasteiger partial charge is 0.317 e. The van der Waals surface area contributed by atoms with Crippen LogP contribution in [0.15, 0.2) is 95.6 Å². The number of esters is 1. The zero-order chi connectivity index (χ0) is 27.5. The molecule has 3 aromatic rings. The minimum atomic E-state index is -0.919. The number of nitrogens with zero attached hydrogens (tertiary/aromatic N) is 2. The lowest BCUT2D eigenvalue weighted by molar-refractivity contribution is -0.158. The third-order valence-corrected chi connectivity index (χ3v) is 8.59. The molecule has 1 amide bonds. The average Bonchev–Trinajstić information content (AvgIpc) is 3.64. The summed E-state index contributed by atoms with van der Waals surface area (Å²) in [6.45, 7) is -0.402. The van der Waals surface area contributed by atoms with Crippen molar-refractivity contribution in [2.24, 2.45) is 11.0 Å². The van der Waals surface area contributed by atoms with Crippen molar-refractivity contribution in [3.8, 4) is 0 Å². The van der Waals surface area contributed by atoms with Crippen molar-refractivity contribution in [1.29, 1.82) is 0 Å². The molecule has 2 saturated carbocycles. The highest BCUT2D eigenvalue weighted by molar-refractivity contribution is 6.08. The van der Waals surface area contributed by atoms with Crippen LogP contribution in [0, 0.1) is 11.7 Å². The monoisotopic (exact) mass is 536 g/mol. The van der Waals surface area contributed by atoms with Crippen LogP contribution < -0.4 is 0 Å². The SMILES string of the molecule is O=C(COC(=O)C1(c2cccc(F)c2)CCCC1)N1N=C2C(=Cc3ccccc3)CCCC2C1c1ccccc1. The van der Waals surface area contributed by atoms with Gasteiger partial charge in [-0.3, -0.25) is 9.59 Å². The van der Waals surface area contributed by atoms with E-state index < -0.39 is 18.0 Å². The summed E-state index contributed by atoms with van der Waals surface area (Å²) in [5, 5.41) is 6.44. The van der Waals surface area contributed by atoms with Crippen LogP contribution in [-0.4, -0.2) is 29.2 Å². The van der Waals surface area contributed by atoms with E-state index in [4.69, 9.17) is 9.84 Å². The summed E-state index contributed by atoms with van der Waals surface area (Å²) in [6.07, 6.45) is 7.88. The lowest BCUT2D eigenvalue weighted by atomic mass is 9.77. The summed E-state index contributed by atoms with van der Waals surface area (Å²) in [4.78, 5) is 27.2. The van der Waals surface area contributed by atoms with Gasteiger partial charge >= 0.3 is 5.97 Å². The van der Waals surface area contributed by atoms with Gasteiger partial charge in [-0.15, -0.1) is 0 Å². The molecule has 0 spiro atoms. The highest BCUT2D eigenvalue weighted by atomic mass is 19.1. The summed E-state index contributed by atoms with van der Waals surface area (Å²) < 4.78 is 19.8. The van der Waals surface area contributed by atoms with Crippen molar-refractivity contribution in [3.05, 3.63) is 113 Å². The first kappa shape index (κ1) is 26.2. The number of hydrazone groups is 1. The van der Waals surface area contributed by atoms with Crippen molar-refractivity contribution in [2.45, 2.75) is 56.4 Å². The van der Waals surface area contributed by atoms with Gasteiger partial charge in [0, 0.05) is 5.92 Å². The average molecular weight is 537 g/mol. The number of hydrogen-bond acceptors (Lipinski definition) is 4. The van der Waals surface area contributed by atoms with Crippen LogP contribution in [-0.2, 0) is 19.7 Å². The summed E-state index contributed by atoms with van der Waals surface area (Å²) in [5.74, 6) is -1.13. The van der Waals surface area contributed by atoms with Gasteiger partial charge in [-0.25, -0.2) is 9.40 Å². The molecule has 204 valence electrons. The highest BCUT2D eigenvalue weighted by Crippen LogP contribution is 2.45. The molecule has 2 atom stereocenters. The van der Waals surface area contributed by atoms with Crippen molar-refractivity contribution >= 4 is 23.7 Å². The Morgan fingerprint density at radius 1 is 0.950 bits per heavy atom. The molecule has 2 unspecified atom stereocenters. The van der Waals surface area contributed by atoms with Gasteiger partial charge in [0.1, 0.15) is 5.82 Å². The molecule has 0 radical (unpaired) electrons. The van der Waals surface area contributed by atoms with Crippen LogP contribution in [0.2, 0.25) is 0 Å². The van der Waals surface area contributed by atoms with Gasteiger partial charge in [0.2, 0.25) is 0 Å². The summed E-state index contributed by atoms with van der Waals surface area (Å²) in [7, 11) is 0. The number of hydrogen-bond donors (Lipinski definition) is 0. The van der Waals surface area contributed by atoms with E-state index in [1.165, 1.54) is 17.1 Å². The molecule has 5 nitrogen and oxygen atoms in total. The number of ether oxygens (including phenoxy) is 1. The zero-order valence-corrected chi connectivity index (χ0v) is 22.5. The minimum Gasteiger partial charge on any atom is -0.455 e. The number of fused-ring (bicyclic) bond motifs is 1. The number of halogens is 1. The predicted octanol–water partition coefficient (Wildman–Crippen LogP) is 7.00. The first-order valence-corrected chi connectivity index (χ1v) is 14.2. The molecule has 3 aliphatic rings. The summed E-state index contributed by atoms with van der Waals surface area (Å²) in [6, 6.07) is 26.1. The Morgan fingerprint density at radius 2 is 1.68 bits per heavy atom. The number of rotatable bonds is 6. The van der Waals surface area contributed by atoms with Gasteiger partial charge in [-0.2, -0.15) is 5.10 Å². The number of carbonyl (C=O) groups excluding carboxylic acids is 2. The standard InChI is InChI=1S/C34H33FN2O3/c35-28-17-10-16-27(22-28)34(19-7-8-20-34)33(39)40-23-30(38)37-32(25-13-5-2-6-14-25)29-18-9-15-26(31(29)36-37)21-24-11-3-1-4-12-24/h1-6,10-14,16-17,21-22,29,32H,7-9,15,18-20,23H2. The lowest BCUT2D eigenvalue weighted by Crippen LogP contribution is -2.39. The third-order valence-electron chi connectivity index (χ3n) is 8.59. The quantitative estimate of drug-likeness (QED) is 0.319. The maximum atomic E-state index is 14.1. The second-order valence-electron chi connectivity index (χ2n) is 11.0. The van der Waals surface area contributed by atoms with Crippen LogP contribution in [0.3, 0.4) is 0 Å². The molecule has 0 bridgehead atoms. The van der Waals surface area contributed by atoms with E-state index in [2.05, 4.69) is 18.2 Å². The van der Waals surface area contributed by atoms with E-state index in [1.54, 1.807) is 12.1 Å². The largest absolute Gasteiger partial charge is 0.455 e. The first-order chi connectivity index (χ1) is 19.5. The van der Waals surface area contributed by atoms with E-state index in [-0.39, 0.29) is 23.7 Å². The molecule has 0 saturated heterocycles. The molecule has 3 aromatic carbocycles. The van der Waals surface area contributed by atoms with Crippen LogP contribution in [0.1, 0.15) is 67.7 Å². The zero-order valence-electron chi connectivity index (χ0n) is 22.5. The van der Waals surface area contributed by atoms with E-state index in [0.717, 1.165) is 54.5 Å². The number of amides is 1. The number of benzene rings is 3. The molecule has 6 heteroatoms. The predicted molar refractivity (Wildman–Crippen MR) is 153 cm³/mol. The second kappa shape index (κ2) is 11.2. The Bertz CT molecular complexity index is 1440. The molecule has 2 fully saturated rings. The van der Waals surface area contributed by atoms with Crippen molar-refractivity contribution in [1.82, 2.24) is 5.01 Å². The van der Waals surface area contributed by atoms with Gasteiger partial charge < -0.3 is 4.74 Å². The van der Waals surface area contributed by atoms with Gasteiger partial charge in [-0.05, 0) is 72.6 Å². The number of allylic oxidation sites excluding steroid dienone is 1. The molecule has 1 aliphatic heterocycles. The molecule has 6 rings (SSSR count). The molecule has 40 heavy (non-hydrogen) atoms.